The molecule has 0 radical (unpaired) electrons. The summed E-state index contributed by atoms with van der Waals surface area (Å²) >= 11 is 1.72. The highest BCUT2D eigenvalue weighted by molar-refractivity contribution is 7.09. The molecular weight excluding hydrogens is 528 g/mol. The van der Waals surface area contributed by atoms with Gasteiger partial charge in [-0.3, -0.25) is 4.79 Å². The highest BCUT2D eigenvalue weighted by Gasteiger charge is 2.19. The number of amides is 1. The van der Waals surface area contributed by atoms with Crippen molar-refractivity contribution in [1.29, 1.82) is 0 Å². The van der Waals surface area contributed by atoms with Crippen LogP contribution in [0.5, 0.6) is 11.5 Å². The number of hydrogen-bond donors (Lipinski definition) is 0. The van der Waals surface area contributed by atoms with Gasteiger partial charge in [-0.1, -0.05) is 113 Å². The van der Waals surface area contributed by atoms with E-state index in [0.29, 0.717) is 18.9 Å². The molecule has 0 N–H and O–H groups in total. The molecule has 2 aromatic carbocycles. The van der Waals surface area contributed by atoms with Crippen molar-refractivity contribution in [3.63, 3.8) is 0 Å². The van der Waals surface area contributed by atoms with E-state index in [1.165, 1.54) is 75.5 Å². The van der Waals surface area contributed by atoms with Crippen LogP contribution < -0.4 is 18.9 Å². The quantitative estimate of drug-likeness (QED) is 0.0991. The molecule has 0 fully saturated rings. The minimum atomic E-state index is 0.00946. The number of anilines is 1. The monoisotopic (exact) mass is 579 g/mol. The molecule has 3 rings (SSSR count). The molecule has 1 aromatic heterocycles. The standard InChI is InChI=1S/C35H51N2O3S/c1-5-6-7-8-9-10-11-12-13-14-15-18-23-40-34-22-21-31(24-35(34)39-4)26-37(30(3)38)33-20-17-16-19-32(33)27-36-25-29(2)41-28-36/h16-17,19-22,24-25,28H,5-15,18,23,26-27H2,1-4H3/q+1. The molecule has 0 saturated heterocycles. The molecular formula is C35H51N2O3S+. The number of thiazole rings is 1. The fourth-order valence-electron chi connectivity index (χ4n) is 5.24. The zero-order chi connectivity index (χ0) is 29.3. The maximum Gasteiger partial charge on any atom is 0.225 e. The Kier molecular flexibility index (Phi) is 14.8. The molecule has 0 unspecified atom stereocenters. The van der Waals surface area contributed by atoms with E-state index in [0.717, 1.165) is 35.5 Å². The summed E-state index contributed by atoms with van der Waals surface area (Å²) in [5.74, 6) is 1.48. The molecule has 1 amide bonds. The Morgan fingerprint density at radius 3 is 2.15 bits per heavy atom. The van der Waals surface area contributed by atoms with Crippen LogP contribution in [0.4, 0.5) is 5.69 Å². The Balaban J connectivity index is 1.47. The Bertz CT molecular complexity index is 1180. The fourth-order valence-corrected chi connectivity index (χ4v) is 5.87. The van der Waals surface area contributed by atoms with Crippen molar-refractivity contribution < 1.29 is 18.8 Å². The van der Waals surface area contributed by atoms with Crippen molar-refractivity contribution in [2.45, 2.75) is 111 Å². The van der Waals surface area contributed by atoms with E-state index in [4.69, 9.17) is 9.47 Å². The van der Waals surface area contributed by atoms with Crippen molar-refractivity contribution in [3.8, 4) is 11.5 Å². The molecule has 0 aliphatic rings. The Morgan fingerprint density at radius 1 is 0.878 bits per heavy atom. The van der Waals surface area contributed by atoms with Crippen LogP contribution >= 0.6 is 11.3 Å². The third-order valence-electron chi connectivity index (χ3n) is 7.56. The van der Waals surface area contributed by atoms with Crippen LogP contribution in [-0.4, -0.2) is 19.6 Å². The maximum atomic E-state index is 12.8. The van der Waals surface area contributed by atoms with Crippen molar-refractivity contribution in [1.82, 2.24) is 0 Å². The lowest BCUT2D eigenvalue weighted by Gasteiger charge is -2.24. The van der Waals surface area contributed by atoms with Gasteiger partial charge in [0.05, 0.1) is 30.8 Å². The first-order chi connectivity index (χ1) is 20.0. The molecule has 6 heteroatoms. The Morgan fingerprint density at radius 2 is 1.54 bits per heavy atom. The summed E-state index contributed by atoms with van der Waals surface area (Å²) in [5, 5.41) is 0. The van der Waals surface area contributed by atoms with Crippen LogP contribution in [0.15, 0.2) is 54.2 Å². The van der Waals surface area contributed by atoms with Crippen LogP contribution in [0, 0.1) is 6.92 Å². The minimum Gasteiger partial charge on any atom is -0.493 e. The number of carbonyl (C=O) groups is 1. The van der Waals surface area contributed by atoms with Crippen molar-refractivity contribution >= 4 is 22.9 Å². The number of para-hydroxylation sites is 1. The average molecular weight is 580 g/mol. The largest absolute Gasteiger partial charge is 0.493 e. The first-order valence-corrected chi connectivity index (χ1v) is 16.5. The zero-order valence-electron chi connectivity index (χ0n) is 25.8. The van der Waals surface area contributed by atoms with Crippen LogP contribution in [0.2, 0.25) is 0 Å². The third-order valence-corrected chi connectivity index (χ3v) is 8.41. The number of carbonyl (C=O) groups excluding carboxylic acids is 1. The second-order valence-corrected chi connectivity index (χ2v) is 12.2. The number of unbranched alkanes of at least 4 members (excludes halogenated alkanes) is 11. The first-order valence-electron chi connectivity index (χ1n) is 15.6. The van der Waals surface area contributed by atoms with Gasteiger partial charge >= 0.3 is 0 Å². The third kappa shape index (κ3) is 11.5. The first kappa shape index (κ1) is 32.7. The number of hydrogen-bond acceptors (Lipinski definition) is 4. The SMILES string of the molecule is CCCCCCCCCCCCCCOc1ccc(CN(C(C)=O)c2ccccc2C[n+]2csc(C)c2)cc1OC. The summed E-state index contributed by atoms with van der Waals surface area (Å²) in [4.78, 5) is 15.9. The normalized spacial score (nSPS) is 11.0. The number of ether oxygens (including phenoxy) is 2. The predicted octanol–water partition coefficient (Wildman–Crippen LogP) is 9.03. The van der Waals surface area contributed by atoms with Crippen LogP contribution in [0.25, 0.3) is 0 Å². The molecule has 5 nitrogen and oxygen atoms in total. The van der Waals surface area contributed by atoms with Crippen LogP contribution in [0.3, 0.4) is 0 Å². The fraction of sp³-hybridized carbons (Fsp3) is 0.543. The number of aromatic nitrogens is 1. The second-order valence-electron chi connectivity index (χ2n) is 11.1. The lowest BCUT2D eigenvalue weighted by Crippen LogP contribution is -2.34. The number of aryl methyl sites for hydroxylation is 1. The summed E-state index contributed by atoms with van der Waals surface area (Å²) in [6.07, 6.45) is 18.1. The van der Waals surface area contributed by atoms with E-state index in [9.17, 15) is 4.79 Å². The van der Waals surface area contributed by atoms with Gasteiger partial charge in [0.2, 0.25) is 11.4 Å². The van der Waals surface area contributed by atoms with Gasteiger partial charge in [0.25, 0.3) is 0 Å². The maximum absolute atomic E-state index is 12.8. The van der Waals surface area contributed by atoms with Gasteiger partial charge in [0.15, 0.2) is 24.2 Å². The lowest BCUT2D eigenvalue weighted by molar-refractivity contribution is -0.683. The van der Waals surface area contributed by atoms with E-state index in [2.05, 4.69) is 36.2 Å². The van der Waals surface area contributed by atoms with Gasteiger partial charge in [-0.15, -0.1) is 0 Å². The summed E-state index contributed by atoms with van der Waals surface area (Å²) in [6, 6.07) is 14.2. The molecule has 0 aliphatic heterocycles. The van der Waals surface area contributed by atoms with E-state index in [1.807, 2.05) is 41.3 Å². The predicted molar refractivity (Wildman–Crippen MR) is 171 cm³/mol. The Hall–Kier alpha value is -2.86. The summed E-state index contributed by atoms with van der Waals surface area (Å²) < 4.78 is 13.9. The van der Waals surface area contributed by atoms with Gasteiger partial charge < -0.3 is 14.4 Å². The molecule has 1 heterocycles. The average Bonchev–Trinajstić information content (AvgIpc) is 3.39. The van der Waals surface area contributed by atoms with Gasteiger partial charge in [-0.05, 0) is 37.1 Å². The van der Waals surface area contributed by atoms with E-state index in [-0.39, 0.29) is 5.91 Å². The summed E-state index contributed by atoms with van der Waals surface area (Å²) in [6.45, 7) is 7.89. The number of nitrogens with zero attached hydrogens (tertiary/aromatic N) is 2. The lowest BCUT2D eigenvalue weighted by atomic mass is 10.1. The topological polar surface area (TPSA) is 42.7 Å². The number of methoxy groups -OCH3 is 1. The van der Waals surface area contributed by atoms with Crippen LogP contribution in [-0.2, 0) is 17.9 Å². The number of benzene rings is 2. The Labute approximate surface area is 252 Å². The zero-order valence-corrected chi connectivity index (χ0v) is 26.6. The minimum absolute atomic E-state index is 0.00946. The molecule has 0 saturated carbocycles. The molecule has 0 bridgehead atoms. The van der Waals surface area contributed by atoms with Gasteiger partial charge in [-0.2, -0.15) is 4.57 Å². The molecule has 0 spiro atoms. The van der Waals surface area contributed by atoms with Crippen molar-refractivity contribution in [3.05, 3.63) is 70.2 Å². The van der Waals surface area contributed by atoms with Crippen molar-refractivity contribution in [2.75, 3.05) is 18.6 Å². The van der Waals surface area contributed by atoms with Gasteiger partial charge in [0.1, 0.15) is 0 Å². The molecule has 41 heavy (non-hydrogen) atoms. The number of rotatable bonds is 20. The smallest absolute Gasteiger partial charge is 0.225 e. The molecule has 0 aliphatic carbocycles. The second kappa shape index (κ2) is 18.5. The molecule has 224 valence electrons. The van der Waals surface area contributed by atoms with Gasteiger partial charge in [-0.25, -0.2) is 0 Å². The van der Waals surface area contributed by atoms with E-state index >= 15 is 0 Å². The summed E-state index contributed by atoms with van der Waals surface area (Å²) in [5.41, 5.74) is 5.16. The molecule has 0 atom stereocenters. The van der Waals surface area contributed by atoms with Crippen molar-refractivity contribution in [2.24, 2.45) is 0 Å². The van der Waals surface area contributed by atoms with Crippen LogP contribution in [0.1, 0.15) is 107 Å². The highest BCUT2D eigenvalue weighted by atomic mass is 32.1. The van der Waals surface area contributed by atoms with Gasteiger partial charge in [0, 0.05) is 12.5 Å². The molecule has 3 aromatic rings. The summed E-state index contributed by atoms with van der Waals surface area (Å²) in [7, 11) is 1.67. The highest BCUT2D eigenvalue weighted by Crippen LogP contribution is 2.30. The van der Waals surface area contributed by atoms with E-state index < -0.39 is 0 Å². The van der Waals surface area contributed by atoms with E-state index in [1.54, 1.807) is 25.4 Å².